The van der Waals surface area contributed by atoms with Crippen molar-refractivity contribution in [3.63, 3.8) is 0 Å². The smallest absolute Gasteiger partial charge is 0.142 e. The molecule has 110 valence electrons. The minimum absolute atomic E-state index is 0.0194. The maximum absolute atomic E-state index is 13.5. The van der Waals surface area contributed by atoms with Gasteiger partial charge >= 0.3 is 0 Å². The predicted molar refractivity (Wildman–Crippen MR) is 79.8 cm³/mol. The van der Waals surface area contributed by atoms with Crippen molar-refractivity contribution in [1.82, 2.24) is 0 Å². The van der Waals surface area contributed by atoms with Crippen LogP contribution in [0.1, 0.15) is 35.3 Å². The Bertz CT molecular complexity index is 644. The molecule has 2 nitrogen and oxygen atoms in total. The lowest BCUT2D eigenvalue weighted by molar-refractivity contribution is 0.00373. The minimum atomic E-state index is -0.857. The van der Waals surface area contributed by atoms with Crippen LogP contribution in [0.15, 0.2) is 42.5 Å². The van der Waals surface area contributed by atoms with E-state index >= 15 is 0 Å². The molecule has 0 amide bonds. The summed E-state index contributed by atoms with van der Waals surface area (Å²) in [5.74, 6) is -0.516. The van der Waals surface area contributed by atoms with Crippen LogP contribution >= 0.6 is 11.6 Å². The first-order valence-electron chi connectivity index (χ1n) is 6.98. The van der Waals surface area contributed by atoms with Crippen LogP contribution in [0.5, 0.6) is 0 Å². The number of aliphatic hydroxyl groups excluding tert-OH is 1. The highest BCUT2D eigenvalue weighted by Gasteiger charge is 2.25. The number of aliphatic hydroxyl groups is 1. The van der Waals surface area contributed by atoms with E-state index in [-0.39, 0.29) is 11.1 Å². The van der Waals surface area contributed by atoms with Crippen molar-refractivity contribution in [2.45, 2.75) is 25.0 Å². The molecule has 2 aromatic rings. The van der Waals surface area contributed by atoms with Crippen LogP contribution in [-0.2, 0) is 11.2 Å². The Hall–Kier alpha value is -1.42. The second-order valence-electron chi connectivity index (χ2n) is 5.20. The summed E-state index contributed by atoms with van der Waals surface area (Å²) in [6.07, 6.45) is 0.192. The third-order valence-corrected chi connectivity index (χ3v) is 4.27. The van der Waals surface area contributed by atoms with E-state index in [4.69, 9.17) is 16.3 Å². The van der Waals surface area contributed by atoms with Gasteiger partial charge in [-0.05, 0) is 23.6 Å². The lowest BCUT2D eigenvalue weighted by Gasteiger charge is -2.28. The number of hydrogen-bond acceptors (Lipinski definition) is 2. The summed E-state index contributed by atoms with van der Waals surface area (Å²) < 4.78 is 19.3. The van der Waals surface area contributed by atoms with E-state index in [1.54, 1.807) is 12.1 Å². The number of benzene rings is 2. The van der Waals surface area contributed by atoms with Crippen molar-refractivity contribution >= 4 is 11.6 Å². The molecule has 0 fully saturated rings. The van der Waals surface area contributed by atoms with Gasteiger partial charge in [-0.25, -0.2) is 4.39 Å². The van der Waals surface area contributed by atoms with Gasteiger partial charge in [0.05, 0.1) is 23.8 Å². The first-order valence-corrected chi connectivity index (χ1v) is 7.36. The fraction of sp³-hybridized carbons (Fsp3) is 0.294. The lowest BCUT2D eigenvalue weighted by Crippen LogP contribution is -2.18. The maximum atomic E-state index is 13.5. The average Bonchev–Trinajstić information content (AvgIpc) is 2.50. The third-order valence-electron chi connectivity index (χ3n) is 3.87. The molecular formula is C17H16ClFO2. The van der Waals surface area contributed by atoms with E-state index in [9.17, 15) is 9.50 Å². The molecule has 2 unspecified atom stereocenters. The van der Waals surface area contributed by atoms with Crippen molar-refractivity contribution in [3.05, 3.63) is 70.0 Å². The number of halogens is 2. The van der Waals surface area contributed by atoms with Crippen LogP contribution in [0.4, 0.5) is 4.39 Å². The molecular weight excluding hydrogens is 291 g/mol. The summed E-state index contributed by atoms with van der Waals surface area (Å²) in [7, 11) is 0. The Morgan fingerprint density at radius 1 is 1.24 bits per heavy atom. The van der Waals surface area contributed by atoms with E-state index < -0.39 is 11.9 Å². The number of hydrogen-bond donors (Lipinski definition) is 1. The molecule has 1 N–H and O–H groups in total. The topological polar surface area (TPSA) is 29.5 Å². The molecule has 21 heavy (non-hydrogen) atoms. The van der Waals surface area contributed by atoms with Crippen LogP contribution < -0.4 is 0 Å². The minimum Gasteiger partial charge on any atom is -0.388 e. The highest BCUT2D eigenvalue weighted by molar-refractivity contribution is 6.31. The Labute approximate surface area is 128 Å². The van der Waals surface area contributed by atoms with E-state index in [1.807, 2.05) is 18.2 Å². The zero-order valence-corrected chi connectivity index (χ0v) is 12.2. The molecule has 1 heterocycles. The number of fused-ring (bicyclic) bond motifs is 1. The van der Waals surface area contributed by atoms with Gasteiger partial charge in [0.25, 0.3) is 0 Å². The summed E-state index contributed by atoms with van der Waals surface area (Å²) in [5, 5.41) is 10.4. The average molecular weight is 307 g/mol. The van der Waals surface area contributed by atoms with E-state index in [1.165, 1.54) is 11.6 Å². The summed E-state index contributed by atoms with van der Waals surface area (Å²) in [6.45, 7) is 0.630. The molecule has 0 aromatic heterocycles. The van der Waals surface area contributed by atoms with Gasteiger partial charge in [-0.15, -0.1) is 0 Å². The molecule has 0 radical (unpaired) electrons. The summed E-state index contributed by atoms with van der Waals surface area (Å²) in [6, 6.07) is 12.5. The molecule has 1 aliphatic rings. The summed E-state index contributed by atoms with van der Waals surface area (Å²) in [5.41, 5.74) is 2.74. The molecule has 0 saturated heterocycles. The SMILES string of the molecule is OC(CC1OCCc2ccccc21)c1cccc(F)c1Cl. The highest BCUT2D eigenvalue weighted by Crippen LogP contribution is 2.36. The van der Waals surface area contributed by atoms with Gasteiger partial charge in [0.1, 0.15) is 5.82 Å². The van der Waals surface area contributed by atoms with Crippen LogP contribution in [0.3, 0.4) is 0 Å². The van der Waals surface area contributed by atoms with Crippen molar-refractivity contribution in [1.29, 1.82) is 0 Å². The largest absolute Gasteiger partial charge is 0.388 e. The van der Waals surface area contributed by atoms with Crippen LogP contribution in [0.2, 0.25) is 5.02 Å². The van der Waals surface area contributed by atoms with Crippen molar-refractivity contribution < 1.29 is 14.2 Å². The van der Waals surface area contributed by atoms with Crippen molar-refractivity contribution in [2.24, 2.45) is 0 Å². The van der Waals surface area contributed by atoms with Crippen LogP contribution in [-0.4, -0.2) is 11.7 Å². The van der Waals surface area contributed by atoms with Crippen molar-refractivity contribution in [3.8, 4) is 0 Å². The van der Waals surface area contributed by atoms with Gasteiger partial charge < -0.3 is 9.84 Å². The van der Waals surface area contributed by atoms with Crippen molar-refractivity contribution in [2.75, 3.05) is 6.61 Å². The second kappa shape index (κ2) is 6.14. The van der Waals surface area contributed by atoms with Gasteiger partial charge in [0.15, 0.2) is 0 Å². The zero-order valence-electron chi connectivity index (χ0n) is 11.4. The van der Waals surface area contributed by atoms with E-state index in [0.29, 0.717) is 18.6 Å². The zero-order chi connectivity index (χ0) is 14.8. The normalized spacial score (nSPS) is 19.1. The molecule has 2 aromatic carbocycles. The predicted octanol–water partition coefficient (Wildman–Crippen LogP) is 4.22. The highest BCUT2D eigenvalue weighted by atomic mass is 35.5. The second-order valence-corrected chi connectivity index (χ2v) is 5.58. The molecule has 0 bridgehead atoms. The maximum Gasteiger partial charge on any atom is 0.142 e. The van der Waals surface area contributed by atoms with E-state index in [0.717, 1.165) is 12.0 Å². The van der Waals surface area contributed by atoms with Crippen LogP contribution in [0.25, 0.3) is 0 Å². The molecule has 1 aliphatic heterocycles. The van der Waals surface area contributed by atoms with Crippen LogP contribution in [0, 0.1) is 5.82 Å². The Morgan fingerprint density at radius 2 is 2.05 bits per heavy atom. The number of ether oxygens (including phenoxy) is 1. The molecule has 2 atom stereocenters. The molecule has 4 heteroatoms. The fourth-order valence-electron chi connectivity index (χ4n) is 2.78. The summed E-state index contributed by atoms with van der Waals surface area (Å²) >= 11 is 5.93. The Kier molecular flexibility index (Phi) is 4.24. The molecule has 0 saturated carbocycles. The van der Waals surface area contributed by atoms with Gasteiger partial charge in [0.2, 0.25) is 0 Å². The summed E-state index contributed by atoms with van der Waals surface area (Å²) in [4.78, 5) is 0. The number of rotatable bonds is 3. The van der Waals surface area contributed by atoms with Gasteiger partial charge in [-0.3, -0.25) is 0 Å². The monoisotopic (exact) mass is 306 g/mol. The first kappa shape index (κ1) is 14.5. The Morgan fingerprint density at radius 3 is 2.90 bits per heavy atom. The molecule has 0 aliphatic carbocycles. The Balaban J connectivity index is 1.83. The van der Waals surface area contributed by atoms with Gasteiger partial charge in [-0.1, -0.05) is 48.0 Å². The quantitative estimate of drug-likeness (QED) is 0.920. The molecule has 3 rings (SSSR count). The molecule has 0 spiro atoms. The lowest BCUT2D eigenvalue weighted by atomic mass is 9.92. The van der Waals surface area contributed by atoms with E-state index in [2.05, 4.69) is 6.07 Å². The fourth-order valence-corrected chi connectivity index (χ4v) is 3.03. The van der Waals surface area contributed by atoms with Gasteiger partial charge in [0, 0.05) is 12.0 Å². The third kappa shape index (κ3) is 2.95. The standard InChI is InChI=1S/C17H16ClFO2/c18-17-13(6-3-7-14(17)19)15(20)10-16-12-5-2-1-4-11(12)8-9-21-16/h1-7,15-16,20H,8-10H2. The van der Waals surface area contributed by atoms with Gasteiger partial charge in [-0.2, -0.15) is 0 Å². The first-order chi connectivity index (χ1) is 10.2.